The van der Waals surface area contributed by atoms with E-state index in [0.717, 1.165) is 0 Å². The van der Waals surface area contributed by atoms with Gasteiger partial charge in [0.05, 0.1) is 0 Å². The second kappa shape index (κ2) is 3.42. The summed E-state index contributed by atoms with van der Waals surface area (Å²) >= 11 is 0. The molecule has 0 spiro atoms. The molecule has 0 nitrogen and oxygen atoms in total. The first kappa shape index (κ1) is 8.39. The molecule has 0 aromatic rings. The van der Waals surface area contributed by atoms with Crippen LogP contribution in [-0.2, 0) is 0 Å². The number of hydrogen-bond acceptors (Lipinski definition) is 0. The fraction of sp³-hybridized carbons (Fsp3) is 0.500. The molecule has 0 aliphatic heterocycles. The Kier molecular flexibility index (Phi) is 3.19. The van der Waals surface area contributed by atoms with Gasteiger partial charge in [0.1, 0.15) is 6.67 Å². The van der Waals surface area contributed by atoms with Crippen LogP contribution in [0, 0.1) is 0 Å². The summed E-state index contributed by atoms with van der Waals surface area (Å²) in [6.45, 7) is -1.76. The van der Waals surface area contributed by atoms with Crippen molar-refractivity contribution in [3.8, 4) is 0 Å². The van der Waals surface area contributed by atoms with E-state index in [1.165, 1.54) is 0 Å². The highest BCUT2D eigenvalue weighted by atomic mass is 19.3. The summed E-state index contributed by atoms with van der Waals surface area (Å²) < 4.78 is 55.9. The van der Waals surface area contributed by atoms with Gasteiger partial charge in [-0.1, -0.05) is 0 Å². The lowest BCUT2D eigenvalue weighted by atomic mass is 10.4. The van der Waals surface area contributed by atoms with Crippen molar-refractivity contribution in [2.45, 2.75) is 6.17 Å². The van der Waals surface area contributed by atoms with Gasteiger partial charge in [-0.25, -0.2) is 13.2 Å². The minimum Gasteiger partial charge on any atom is -0.247 e. The molecule has 0 aromatic carbocycles. The molecule has 0 bridgehead atoms. The standard InChI is InChI=1S/C4H3F5/c5-1-2(6)3(7)4(8)9/h2H,1H2. The maximum absolute atomic E-state index is 11.5. The molecule has 0 radical (unpaired) electrons. The van der Waals surface area contributed by atoms with E-state index in [9.17, 15) is 22.0 Å². The van der Waals surface area contributed by atoms with Gasteiger partial charge in [-0.2, -0.15) is 8.78 Å². The van der Waals surface area contributed by atoms with Crippen molar-refractivity contribution in [2.75, 3.05) is 6.67 Å². The zero-order chi connectivity index (χ0) is 7.44. The lowest BCUT2D eigenvalue weighted by Crippen LogP contribution is -2.03. The molecule has 0 aliphatic rings. The van der Waals surface area contributed by atoms with Gasteiger partial charge in [-0.3, -0.25) is 0 Å². The lowest BCUT2D eigenvalue weighted by molar-refractivity contribution is 0.237. The highest BCUT2D eigenvalue weighted by Crippen LogP contribution is 2.16. The number of allylic oxidation sites excluding steroid dienone is 1. The third kappa shape index (κ3) is 2.43. The Morgan fingerprint density at radius 3 is 1.78 bits per heavy atom. The minimum atomic E-state index is -2.81. The molecular formula is C4H3F5. The zero-order valence-corrected chi connectivity index (χ0v) is 4.17. The highest BCUT2D eigenvalue weighted by molar-refractivity contribution is 4.98. The van der Waals surface area contributed by atoms with Gasteiger partial charge in [0.25, 0.3) is 0 Å². The average molecular weight is 146 g/mol. The first-order chi connectivity index (χ1) is 4.09. The van der Waals surface area contributed by atoms with Crippen LogP contribution in [0.3, 0.4) is 0 Å². The van der Waals surface area contributed by atoms with Gasteiger partial charge in [-0.05, 0) is 0 Å². The van der Waals surface area contributed by atoms with E-state index in [2.05, 4.69) is 0 Å². The quantitative estimate of drug-likeness (QED) is 0.524. The second-order valence-corrected chi connectivity index (χ2v) is 1.23. The van der Waals surface area contributed by atoms with Crippen LogP contribution >= 0.6 is 0 Å². The van der Waals surface area contributed by atoms with E-state index in [0.29, 0.717) is 0 Å². The molecule has 9 heavy (non-hydrogen) atoms. The molecule has 0 saturated carbocycles. The topological polar surface area (TPSA) is 0 Å². The summed E-state index contributed by atoms with van der Waals surface area (Å²) in [7, 11) is 0. The van der Waals surface area contributed by atoms with Crippen molar-refractivity contribution in [2.24, 2.45) is 0 Å². The third-order valence-electron chi connectivity index (χ3n) is 0.591. The minimum absolute atomic E-state index is 1.76. The van der Waals surface area contributed by atoms with Gasteiger partial charge >= 0.3 is 6.08 Å². The van der Waals surface area contributed by atoms with E-state index >= 15 is 0 Å². The Morgan fingerprint density at radius 1 is 1.22 bits per heavy atom. The average Bonchev–Trinajstić information content (AvgIpc) is 1.84. The fourth-order valence-corrected chi connectivity index (χ4v) is 0.186. The molecular weight excluding hydrogens is 143 g/mol. The smallest absolute Gasteiger partial charge is 0.247 e. The van der Waals surface area contributed by atoms with Crippen molar-refractivity contribution in [3.63, 3.8) is 0 Å². The normalized spacial score (nSPS) is 13.0. The van der Waals surface area contributed by atoms with E-state index in [1.54, 1.807) is 0 Å². The molecule has 0 saturated heterocycles. The SMILES string of the molecule is FCC(F)C(F)=C(F)F. The van der Waals surface area contributed by atoms with Crippen molar-refractivity contribution in [1.29, 1.82) is 0 Å². The number of rotatable bonds is 2. The molecule has 0 fully saturated rings. The molecule has 0 amide bonds. The van der Waals surface area contributed by atoms with Crippen LogP contribution in [0.1, 0.15) is 0 Å². The summed E-state index contributed by atoms with van der Waals surface area (Å²) in [6.07, 6.45) is -5.62. The van der Waals surface area contributed by atoms with Crippen LogP contribution in [0.2, 0.25) is 0 Å². The number of hydrogen-bond donors (Lipinski definition) is 0. The van der Waals surface area contributed by atoms with Crippen molar-refractivity contribution >= 4 is 0 Å². The van der Waals surface area contributed by atoms with Gasteiger partial charge in [0.15, 0.2) is 6.17 Å². The summed E-state index contributed by atoms with van der Waals surface area (Å²) in [5.74, 6) is -2.32. The van der Waals surface area contributed by atoms with Crippen LogP contribution < -0.4 is 0 Å². The third-order valence-corrected chi connectivity index (χ3v) is 0.591. The molecule has 5 heteroatoms. The van der Waals surface area contributed by atoms with E-state index in [1.807, 2.05) is 0 Å². The van der Waals surface area contributed by atoms with Crippen LogP contribution in [0.15, 0.2) is 11.9 Å². The summed E-state index contributed by atoms with van der Waals surface area (Å²) in [6, 6.07) is 0. The van der Waals surface area contributed by atoms with Crippen molar-refractivity contribution < 1.29 is 22.0 Å². The number of halogens is 5. The molecule has 0 heterocycles. The zero-order valence-electron chi connectivity index (χ0n) is 4.17. The molecule has 1 unspecified atom stereocenters. The lowest BCUT2D eigenvalue weighted by Gasteiger charge is -1.95. The fourth-order valence-electron chi connectivity index (χ4n) is 0.186. The number of alkyl halides is 2. The summed E-state index contributed by atoms with van der Waals surface area (Å²) in [5, 5.41) is 0. The van der Waals surface area contributed by atoms with Gasteiger partial charge < -0.3 is 0 Å². The first-order valence-corrected chi connectivity index (χ1v) is 2.00. The van der Waals surface area contributed by atoms with E-state index in [-0.39, 0.29) is 0 Å². The van der Waals surface area contributed by atoms with E-state index in [4.69, 9.17) is 0 Å². The highest BCUT2D eigenvalue weighted by Gasteiger charge is 2.17. The van der Waals surface area contributed by atoms with Crippen LogP contribution in [-0.4, -0.2) is 12.8 Å². The second-order valence-electron chi connectivity index (χ2n) is 1.23. The molecule has 0 N–H and O–H groups in total. The van der Waals surface area contributed by atoms with Crippen LogP contribution in [0.4, 0.5) is 22.0 Å². The van der Waals surface area contributed by atoms with Crippen LogP contribution in [0.5, 0.6) is 0 Å². The summed E-state index contributed by atoms with van der Waals surface area (Å²) in [4.78, 5) is 0. The molecule has 0 aliphatic carbocycles. The largest absolute Gasteiger partial charge is 0.304 e. The molecule has 0 aromatic heterocycles. The molecule has 1 atom stereocenters. The molecule has 0 rings (SSSR count). The Balaban J connectivity index is 4.02. The van der Waals surface area contributed by atoms with Crippen LogP contribution in [0.25, 0.3) is 0 Å². The van der Waals surface area contributed by atoms with Gasteiger partial charge in [-0.15, -0.1) is 0 Å². The van der Waals surface area contributed by atoms with Gasteiger partial charge in [0.2, 0.25) is 5.83 Å². The maximum Gasteiger partial charge on any atom is 0.304 e. The van der Waals surface area contributed by atoms with Crippen molar-refractivity contribution in [1.82, 2.24) is 0 Å². The monoisotopic (exact) mass is 146 g/mol. The van der Waals surface area contributed by atoms with E-state index < -0.39 is 24.8 Å². The Labute approximate surface area is 48.0 Å². The summed E-state index contributed by atoms with van der Waals surface area (Å²) in [5.41, 5.74) is 0. The Morgan fingerprint density at radius 2 is 1.67 bits per heavy atom. The van der Waals surface area contributed by atoms with Gasteiger partial charge in [0, 0.05) is 0 Å². The Bertz CT molecular complexity index is 114. The molecule has 54 valence electrons. The maximum atomic E-state index is 11.5. The first-order valence-electron chi connectivity index (χ1n) is 2.00. The van der Waals surface area contributed by atoms with Crippen molar-refractivity contribution in [3.05, 3.63) is 11.9 Å². The predicted octanol–water partition coefficient (Wildman–Crippen LogP) is 2.37. The predicted molar refractivity (Wildman–Crippen MR) is 21.2 cm³/mol. The Hall–Kier alpha value is -0.610.